The molecule has 13 heteroatoms. The number of benzene rings is 1. The van der Waals surface area contributed by atoms with E-state index < -0.39 is 28.2 Å². The van der Waals surface area contributed by atoms with Gasteiger partial charge in [-0.2, -0.15) is 12.7 Å². The van der Waals surface area contributed by atoms with Crippen molar-refractivity contribution < 1.29 is 27.4 Å². The van der Waals surface area contributed by atoms with Gasteiger partial charge < -0.3 is 15.2 Å². The number of rotatable bonds is 5. The Morgan fingerprint density at radius 3 is 2.71 bits per heavy atom. The highest BCUT2D eigenvalue weighted by atomic mass is 32.2. The third-order valence-corrected chi connectivity index (χ3v) is 7.77. The van der Waals surface area contributed by atoms with E-state index in [-0.39, 0.29) is 18.9 Å². The standard InChI is InChI=1S/C22H23FN6O5S/c1-12-17(9-27-21-20(12)25-3-4-34-21)16-5-13-7-19(26-8-14(13)6-18(16)23)29(22(30)31)15-10-28(11-15)35(32,33)24-2/h5-9,15,24-25H,3-4,10-11H2,1-2H3,(H,30,31). The molecule has 0 unspecified atom stereocenters. The summed E-state index contributed by atoms with van der Waals surface area (Å²) in [7, 11) is -2.35. The fraction of sp³-hybridized carbons (Fsp3) is 0.318. The molecule has 0 saturated carbocycles. The quantitative estimate of drug-likeness (QED) is 0.483. The number of amides is 1. The Morgan fingerprint density at radius 1 is 1.23 bits per heavy atom. The van der Waals surface area contributed by atoms with Crippen molar-refractivity contribution in [1.82, 2.24) is 19.0 Å². The zero-order valence-electron chi connectivity index (χ0n) is 18.9. The SMILES string of the molecule is CNS(=O)(=O)N1CC(N(C(=O)O)c2cc3cc(-c4cnc5c(c4C)NCCO5)c(F)cc3cn2)C1. The number of nitrogens with zero attached hydrogens (tertiary/aromatic N) is 4. The summed E-state index contributed by atoms with van der Waals surface area (Å²) in [5, 5.41) is 14.1. The van der Waals surface area contributed by atoms with Gasteiger partial charge in [0.1, 0.15) is 23.9 Å². The normalized spacial score (nSPS) is 16.2. The molecule has 0 atom stereocenters. The topological polar surface area (TPSA) is 137 Å². The zero-order chi connectivity index (χ0) is 24.9. The van der Waals surface area contributed by atoms with Crippen LogP contribution in [0.3, 0.4) is 0 Å². The van der Waals surface area contributed by atoms with Crippen molar-refractivity contribution in [3.63, 3.8) is 0 Å². The molecule has 11 nitrogen and oxygen atoms in total. The fourth-order valence-electron chi connectivity index (χ4n) is 4.33. The van der Waals surface area contributed by atoms with Gasteiger partial charge >= 0.3 is 6.09 Å². The van der Waals surface area contributed by atoms with Gasteiger partial charge in [-0.25, -0.2) is 23.9 Å². The molecule has 0 radical (unpaired) electrons. The van der Waals surface area contributed by atoms with Crippen LogP contribution in [0.4, 0.5) is 20.7 Å². The molecule has 1 saturated heterocycles. The van der Waals surface area contributed by atoms with Gasteiger partial charge in [0.25, 0.3) is 10.2 Å². The van der Waals surface area contributed by atoms with Gasteiger partial charge in [-0.1, -0.05) is 0 Å². The fourth-order valence-corrected chi connectivity index (χ4v) is 5.33. The van der Waals surface area contributed by atoms with Gasteiger partial charge in [0.2, 0.25) is 5.88 Å². The average molecular weight is 503 g/mol. The van der Waals surface area contributed by atoms with Crippen molar-refractivity contribution in [2.24, 2.45) is 0 Å². The van der Waals surface area contributed by atoms with Crippen LogP contribution in [-0.4, -0.2) is 73.2 Å². The zero-order valence-corrected chi connectivity index (χ0v) is 19.8. The van der Waals surface area contributed by atoms with Crippen LogP contribution in [0.5, 0.6) is 5.88 Å². The molecule has 184 valence electrons. The van der Waals surface area contributed by atoms with Crippen LogP contribution >= 0.6 is 0 Å². The Morgan fingerprint density at radius 2 is 2.00 bits per heavy atom. The average Bonchev–Trinajstić information content (AvgIpc) is 2.80. The van der Waals surface area contributed by atoms with Crippen molar-refractivity contribution in [1.29, 1.82) is 0 Å². The van der Waals surface area contributed by atoms with Crippen molar-refractivity contribution in [2.75, 3.05) is 43.5 Å². The Bertz CT molecular complexity index is 1440. The van der Waals surface area contributed by atoms with E-state index in [4.69, 9.17) is 4.74 Å². The number of hydrogen-bond donors (Lipinski definition) is 3. The molecule has 4 heterocycles. The minimum absolute atomic E-state index is 0.00107. The summed E-state index contributed by atoms with van der Waals surface area (Å²) in [5.74, 6) is 0.136. The Labute approximate surface area is 200 Å². The minimum atomic E-state index is -3.64. The van der Waals surface area contributed by atoms with Crippen LogP contribution in [0.25, 0.3) is 21.9 Å². The highest BCUT2D eigenvalue weighted by molar-refractivity contribution is 7.87. The maximum atomic E-state index is 15.1. The van der Waals surface area contributed by atoms with Gasteiger partial charge in [0.05, 0.1) is 6.04 Å². The van der Waals surface area contributed by atoms with Crippen LogP contribution in [-0.2, 0) is 10.2 Å². The first-order valence-electron chi connectivity index (χ1n) is 10.9. The number of ether oxygens (including phenoxy) is 1. The molecule has 0 bridgehead atoms. The molecule has 3 N–H and O–H groups in total. The molecular weight excluding hydrogens is 479 g/mol. The monoisotopic (exact) mass is 502 g/mol. The van der Waals surface area contributed by atoms with E-state index in [0.29, 0.717) is 46.6 Å². The number of halogens is 1. The van der Waals surface area contributed by atoms with Gasteiger partial charge in [0.15, 0.2) is 0 Å². The van der Waals surface area contributed by atoms with E-state index >= 15 is 4.39 Å². The number of carboxylic acid groups (broad SMARTS) is 1. The smallest absolute Gasteiger partial charge is 0.413 e. The Kier molecular flexibility index (Phi) is 5.69. The summed E-state index contributed by atoms with van der Waals surface area (Å²) < 4.78 is 47.9. The number of nitrogens with one attached hydrogen (secondary N) is 2. The highest BCUT2D eigenvalue weighted by Crippen LogP contribution is 2.37. The molecular formula is C22H23FN6O5S. The molecule has 1 fully saturated rings. The number of pyridine rings is 2. The third-order valence-electron chi connectivity index (χ3n) is 6.27. The van der Waals surface area contributed by atoms with Crippen LogP contribution in [0.1, 0.15) is 5.56 Å². The first-order valence-corrected chi connectivity index (χ1v) is 12.3. The molecule has 35 heavy (non-hydrogen) atoms. The first kappa shape index (κ1) is 23.2. The van der Waals surface area contributed by atoms with E-state index in [1.807, 2.05) is 6.92 Å². The summed E-state index contributed by atoms with van der Waals surface area (Å²) in [6.45, 7) is 2.97. The van der Waals surface area contributed by atoms with Crippen LogP contribution in [0, 0.1) is 12.7 Å². The number of fused-ring (bicyclic) bond motifs is 2. The lowest BCUT2D eigenvalue weighted by molar-refractivity contribution is 0.183. The van der Waals surface area contributed by atoms with Crippen molar-refractivity contribution in [3.05, 3.63) is 42.0 Å². The second kappa shape index (κ2) is 8.59. The number of aromatic nitrogens is 2. The predicted molar refractivity (Wildman–Crippen MR) is 127 cm³/mol. The van der Waals surface area contributed by atoms with E-state index in [1.165, 1.54) is 19.3 Å². The summed E-state index contributed by atoms with van der Waals surface area (Å²) in [6, 6.07) is 3.94. The highest BCUT2D eigenvalue weighted by Gasteiger charge is 2.41. The van der Waals surface area contributed by atoms with Crippen LogP contribution in [0.15, 0.2) is 30.6 Å². The lowest BCUT2D eigenvalue weighted by atomic mass is 9.98. The summed E-state index contributed by atoms with van der Waals surface area (Å²) in [4.78, 5) is 21.6. The second-order valence-corrected chi connectivity index (χ2v) is 10.2. The maximum Gasteiger partial charge on any atom is 0.413 e. The maximum absolute atomic E-state index is 15.1. The second-order valence-electron chi connectivity index (χ2n) is 8.31. The Balaban J connectivity index is 1.52. The van der Waals surface area contributed by atoms with Gasteiger partial charge in [-0.05, 0) is 36.1 Å². The lowest BCUT2D eigenvalue weighted by Crippen LogP contribution is -2.64. The number of anilines is 2. The molecule has 3 aromatic rings. The van der Waals surface area contributed by atoms with Crippen molar-refractivity contribution in [3.8, 4) is 17.0 Å². The minimum Gasteiger partial charge on any atom is -0.474 e. The molecule has 2 aliphatic heterocycles. The van der Waals surface area contributed by atoms with Crippen LogP contribution < -0.4 is 19.7 Å². The van der Waals surface area contributed by atoms with Gasteiger partial charge in [-0.15, -0.1) is 0 Å². The van der Waals surface area contributed by atoms with E-state index in [1.54, 1.807) is 18.3 Å². The molecule has 2 aromatic heterocycles. The third kappa shape index (κ3) is 4.00. The van der Waals surface area contributed by atoms with Gasteiger partial charge in [-0.3, -0.25) is 4.90 Å². The molecule has 0 spiro atoms. The largest absolute Gasteiger partial charge is 0.474 e. The van der Waals surface area contributed by atoms with Crippen LogP contribution in [0.2, 0.25) is 0 Å². The van der Waals surface area contributed by atoms with E-state index in [2.05, 4.69) is 20.0 Å². The lowest BCUT2D eigenvalue weighted by Gasteiger charge is -2.42. The summed E-state index contributed by atoms with van der Waals surface area (Å²) in [5.41, 5.74) is 2.40. The molecule has 2 aliphatic rings. The van der Waals surface area contributed by atoms with E-state index in [9.17, 15) is 18.3 Å². The molecule has 1 amide bonds. The van der Waals surface area contributed by atoms with Gasteiger partial charge in [0, 0.05) is 55.6 Å². The van der Waals surface area contributed by atoms with Crippen molar-refractivity contribution in [2.45, 2.75) is 13.0 Å². The predicted octanol–water partition coefficient (Wildman–Crippen LogP) is 2.18. The molecule has 0 aliphatic carbocycles. The number of carbonyl (C=O) groups is 1. The number of hydrogen-bond acceptors (Lipinski definition) is 7. The molecule has 5 rings (SSSR count). The van der Waals surface area contributed by atoms with E-state index in [0.717, 1.165) is 14.8 Å². The summed E-state index contributed by atoms with van der Waals surface area (Å²) >= 11 is 0. The molecule has 1 aromatic carbocycles. The first-order chi connectivity index (χ1) is 16.7. The Hall–Kier alpha value is -3.55. The summed E-state index contributed by atoms with van der Waals surface area (Å²) in [6.07, 6.45) is 1.70. The van der Waals surface area contributed by atoms with Crippen molar-refractivity contribution >= 4 is 38.6 Å².